The van der Waals surface area contributed by atoms with Crippen LogP contribution in [0.25, 0.3) is 0 Å². The van der Waals surface area contributed by atoms with Crippen LogP contribution in [0.1, 0.15) is 42.0 Å². The summed E-state index contributed by atoms with van der Waals surface area (Å²) in [5.41, 5.74) is 5.26. The molecule has 0 heterocycles. The van der Waals surface area contributed by atoms with E-state index in [4.69, 9.17) is 9.47 Å². The van der Waals surface area contributed by atoms with Crippen molar-refractivity contribution in [2.24, 2.45) is 11.8 Å². The van der Waals surface area contributed by atoms with E-state index in [1.165, 1.54) is 29.4 Å². The highest BCUT2D eigenvalue weighted by atomic mass is 16.5. The Balaban J connectivity index is 2.04. The van der Waals surface area contributed by atoms with Gasteiger partial charge in [-0.15, -0.1) is 0 Å². The van der Waals surface area contributed by atoms with Gasteiger partial charge in [0.2, 0.25) is 0 Å². The van der Waals surface area contributed by atoms with Gasteiger partial charge in [-0.1, -0.05) is 0 Å². The third kappa shape index (κ3) is 3.39. The van der Waals surface area contributed by atoms with Crippen LogP contribution in [0.15, 0.2) is 6.07 Å². The second-order valence-corrected chi connectivity index (χ2v) is 6.02. The molecule has 21 heavy (non-hydrogen) atoms. The van der Waals surface area contributed by atoms with E-state index in [1.807, 2.05) is 6.92 Å². The minimum atomic E-state index is -0.0451. The lowest BCUT2D eigenvalue weighted by molar-refractivity contribution is -0.142. The van der Waals surface area contributed by atoms with E-state index in [9.17, 15) is 4.79 Å². The fraction of sp³-hybridized carbons (Fsp3) is 0.611. The lowest BCUT2D eigenvalue weighted by atomic mass is 9.93. The molecule has 0 aliphatic heterocycles. The second kappa shape index (κ2) is 6.50. The maximum Gasteiger partial charge on any atom is 0.308 e. The summed E-state index contributed by atoms with van der Waals surface area (Å²) >= 11 is 0. The number of methoxy groups -OCH3 is 1. The van der Waals surface area contributed by atoms with Crippen LogP contribution < -0.4 is 4.74 Å². The molecule has 0 N–H and O–H groups in total. The van der Waals surface area contributed by atoms with Gasteiger partial charge in [0.25, 0.3) is 0 Å². The van der Waals surface area contributed by atoms with Crippen LogP contribution in [0.5, 0.6) is 5.75 Å². The first kappa shape index (κ1) is 15.9. The van der Waals surface area contributed by atoms with Gasteiger partial charge in [-0.2, -0.15) is 0 Å². The standard InChI is InChI=1S/C18H26O3/c1-6-21-17-9-11(2)15(12(3)13(17)4)8-7-14-10-16(14)18(19)20-5/h9,14,16H,6-8,10H2,1-5H3. The highest BCUT2D eigenvalue weighted by Crippen LogP contribution is 2.43. The lowest BCUT2D eigenvalue weighted by Gasteiger charge is -2.17. The van der Waals surface area contributed by atoms with Gasteiger partial charge in [-0.25, -0.2) is 0 Å². The first-order chi connectivity index (χ1) is 9.99. The maximum atomic E-state index is 11.5. The number of hydrogen-bond donors (Lipinski definition) is 0. The highest BCUT2D eigenvalue weighted by Gasteiger charge is 2.43. The average Bonchev–Trinajstić information content (AvgIpc) is 3.23. The van der Waals surface area contributed by atoms with Crippen molar-refractivity contribution >= 4 is 5.97 Å². The van der Waals surface area contributed by atoms with Crippen molar-refractivity contribution in [2.75, 3.05) is 13.7 Å². The Hall–Kier alpha value is -1.51. The van der Waals surface area contributed by atoms with E-state index < -0.39 is 0 Å². The Labute approximate surface area is 127 Å². The molecule has 0 aromatic heterocycles. The molecule has 0 amide bonds. The summed E-state index contributed by atoms with van der Waals surface area (Å²) < 4.78 is 10.5. The van der Waals surface area contributed by atoms with E-state index in [0.29, 0.717) is 12.5 Å². The number of ether oxygens (including phenoxy) is 2. The zero-order chi connectivity index (χ0) is 15.6. The Morgan fingerprint density at radius 3 is 2.62 bits per heavy atom. The monoisotopic (exact) mass is 290 g/mol. The predicted octanol–water partition coefficient (Wildman–Crippen LogP) is 3.75. The molecule has 1 aromatic carbocycles. The van der Waals surface area contributed by atoms with E-state index in [1.54, 1.807) is 0 Å². The molecular formula is C18H26O3. The van der Waals surface area contributed by atoms with Crippen molar-refractivity contribution in [1.29, 1.82) is 0 Å². The molecule has 0 bridgehead atoms. The molecule has 2 atom stereocenters. The number of carbonyl (C=O) groups excluding carboxylic acids is 1. The first-order valence-electron chi connectivity index (χ1n) is 7.79. The molecule has 1 saturated carbocycles. The SMILES string of the molecule is CCOc1cc(C)c(CCC2CC2C(=O)OC)c(C)c1C. The molecule has 0 spiro atoms. The van der Waals surface area contributed by atoms with Crippen molar-refractivity contribution in [3.05, 3.63) is 28.3 Å². The molecule has 116 valence electrons. The van der Waals surface area contributed by atoms with Gasteiger partial charge in [-0.05, 0) is 81.2 Å². The smallest absolute Gasteiger partial charge is 0.308 e. The van der Waals surface area contributed by atoms with Gasteiger partial charge in [-0.3, -0.25) is 4.79 Å². The van der Waals surface area contributed by atoms with Crippen LogP contribution in [-0.2, 0) is 16.0 Å². The Morgan fingerprint density at radius 1 is 1.29 bits per heavy atom. The van der Waals surface area contributed by atoms with Gasteiger partial charge in [0.15, 0.2) is 0 Å². The largest absolute Gasteiger partial charge is 0.494 e. The number of esters is 1. The van der Waals surface area contributed by atoms with Gasteiger partial charge in [0, 0.05) is 0 Å². The zero-order valence-corrected chi connectivity index (χ0v) is 13.8. The number of aryl methyl sites for hydroxylation is 1. The van der Waals surface area contributed by atoms with Crippen molar-refractivity contribution in [1.82, 2.24) is 0 Å². The fourth-order valence-corrected chi connectivity index (χ4v) is 3.13. The molecular weight excluding hydrogens is 264 g/mol. The number of rotatable bonds is 6. The highest BCUT2D eigenvalue weighted by molar-refractivity contribution is 5.75. The van der Waals surface area contributed by atoms with Crippen molar-refractivity contribution in [3.8, 4) is 5.75 Å². The van der Waals surface area contributed by atoms with E-state index in [0.717, 1.165) is 25.0 Å². The summed E-state index contributed by atoms with van der Waals surface area (Å²) in [7, 11) is 1.47. The number of carbonyl (C=O) groups is 1. The molecule has 1 aliphatic carbocycles. The zero-order valence-electron chi connectivity index (χ0n) is 13.8. The van der Waals surface area contributed by atoms with E-state index >= 15 is 0 Å². The van der Waals surface area contributed by atoms with E-state index in [-0.39, 0.29) is 11.9 Å². The van der Waals surface area contributed by atoms with Crippen LogP contribution in [0, 0.1) is 32.6 Å². The fourth-order valence-electron chi connectivity index (χ4n) is 3.13. The minimum Gasteiger partial charge on any atom is -0.494 e. The quantitative estimate of drug-likeness (QED) is 0.748. The summed E-state index contributed by atoms with van der Waals surface area (Å²) in [6, 6.07) is 2.14. The molecule has 0 saturated heterocycles. The van der Waals surface area contributed by atoms with Gasteiger partial charge in [0.05, 0.1) is 19.6 Å². The topological polar surface area (TPSA) is 35.5 Å². The Bertz CT molecular complexity index is 534. The van der Waals surface area contributed by atoms with Crippen LogP contribution in [0.4, 0.5) is 0 Å². The van der Waals surface area contributed by atoms with Crippen molar-refractivity contribution in [3.63, 3.8) is 0 Å². The van der Waals surface area contributed by atoms with Crippen LogP contribution >= 0.6 is 0 Å². The third-order valence-electron chi connectivity index (χ3n) is 4.70. The van der Waals surface area contributed by atoms with Crippen LogP contribution in [0.2, 0.25) is 0 Å². The molecule has 0 radical (unpaired) electrons. The second-order valence-electron chi connectivity index (χ2n) is 6.02. The molecule has 3 heteroatoms. The number of hydrogen-bond acceptors (Lipinski definition) is 3. The minimum absolute atomic E-state index is 0.0451. The summed E-state index contributed by atoms with van der Waals surface area (Å²) in [4.78, 5) is 11.5. The van der Waals surface area contributed by atoms with Gasteiger partial charge < -0.3 is 9.47 Å². The average molecular weight is 290 g/mol. The lowest BCUT2D eigenvalue weighted by Crippen LogP contribution is -2.06. The van der Waals surface area contributed by atoms with Crippen LogP contribution in [-0.4, -0.2) is 19.7 Å². The third-order valence-corrected chi connectivity index (χ3v) is 4.70. The molecule has 1 aromatic rings. The van der Waals surface area contributed by atoms with Gasteiger partial charge in [0.1, 0.15) is 5.75 Å². The first-order valence-corrected chi connectivity index (χ1v) is 7.79. The number of benzene rings is 1. The summed E-state index contributed by atoms with van der Waals surface area (Å²) in [5, 5.41) is 0. The Morgan fingerprint density at radius 2 is 2.00 bits per heavy atom. The van der Waals surface area contributed by atoms with Crippen molar-refractivity contribution in [2.45, 2.75) is 47.0 Å². The normalized spacial score (nSPS) is 20.2. The molecule has 2 unspecified atom stereocenters. The van der Waals surface area contributed by atoms with Gasteiger partial charge >= 0.3 is 5.97 Å². The summed E-state index contributed by atoms with van der Waals surface area (Å²) in [6.07, 6.45) is 3.08. The maximum absolute atomic E-state index is 11.5. The summed E-state index contributed by atoms with van der Waals surface area (Å²) in [5.74, 6) is 1.59. The molecule has 1 aliphatic rings. The summed E-state index contributed by atoms with van der Waals surface area (Å²) in [6.45, 7) is 9.15. The van der Waals surface area contributed by atoms with Crippen molar-refractivity contribution < 1.29 is 14.3 Å². The van der Waals surface area contributed by atoms with E-state index in [2.05, 4.69) is 26.8 Å². The molecule has 2 rings (SSSR count). The van der Waals surface area contributed by atoms with Crippen LogP contribution in [0.3, 0.4) is 0 Å². The predicted molar refractivity (Wildman–Crippen MR) is 83.8 cm³/mol. The Kier molecular flexibility index (Phi) is 4.92. The molecule has 3 nitrogen and oxygen atoms in total. The molecule has 1 fully saturated rings.